The molecule has 4 N–H and O–H groups in total. The van der Waals surface area contributed by atoms with E-state index in [0.29, 0.717) is 137 Å². The first kappa shape index (κ1) is 116. The third kappa shape index (κ3) is 32.7. The number of amides is 3. The molecule has 42 nitrogen and oxygen atoms in total. The van der Waals surface area contributed by atoms with Crippen LogP contribution < -0.4 is 30.5 Å². The normalized spacial score (nSPS) is 13.2. The molecule has 0 bridgehead atoms. The number of aromatic carboxylic acids is 1. The summed E-state index contributed by atoms with van der Waals surface area (Å²) in [4.78, 5) is 140. The quantitative estimate of drug-likeness (QED) is 0.0285. The van der Waals surface area contributed by atoms with E-state index in [0.717, 1.165) is 65.8 Å². The molecule has 0 unspecified atom stereocenters. The minimum Gasteiger partial charge on any atom is -0.476 e. The van der Waals surface area contributed by atoms with Crippen molar-refractivity contribution in [1.29, 1.82) is 26.3 Å². The van der Waals surface area contributed by atoms with E-state index in [-0.39, 0.29) is 95.7 Å². The molecule has 14 rings (SSSR count). The number of rotatable bonds is 17. The van der Waals surface area contributed by atoms with Crippen molar-refractivity contribution in [3.8, 4) is 77.7 Å². The number of benzene rings is 2. The molecule has 0 atom stereocenters. The number of aromatic amines is 1. The number of ether oxygens (including phenoxy) is 5. The van der Waals surface area contributed by atoms with Crippen LogP contribution in [0.1, 0.15) is 175 Å². The van der Waals surface area contributed by atoms with E-state index in [1.54, 1.807) is 77.8 Å². The number of aliphatic carboxylic acids is 1. The Labute approximate surface area is 868 Å². The van der Waals surface area contributed by atoms with Gasteiger partial charge >= 0.3 is 48.3 Å². The number of pyridine rings is 2. The summed E-state index contributed by atoms with van der Waals surface area (Å²) in [5.74, 6) is 19.6. The maximum Gasteiger partial charge on any atom is 0.490 e. The van der Waals surface area contributed by atoms with E-state index < -0.39 is 46.9 Å². The first-order chi connectivity index (χ1) is 69.9. The van der Waals surface area contributed by atoms with Gasteiger partial charge in [0.2, 0.25) is 23.8 Å². The lowest BCUT2D eigenvalue weighted by atomic mass is 10.2. The van der Waals surface area contributed by atoms with Gasteiger partial charge in [0.1, 0.15) is 58.2 Å². The van der Waals surface area contributed by atoms with Crippen molar-refractivity contribution in [1.82, 2.24) is 87.3 Å². The maximum atomic E-state index is 12.4. The smallest absolute Gasteiger partial charge is 0.476 e. The summed E-state index contributed by atoms with van der Waals surface area (Å²) in [6.45, 7) is 39.2. The molecule has 0 radical (unpaired) electrons. The van der Waals surface area contributed by atoms with Crippen LogP contribution in [0.25, 0.3) is 22.1 Å². The van der Waals surface area contributed by atoms with Crippen LogP contribution in [0.3, 0.4) is 0 Å². The Hall–Kier alpha value is -16.1. The Balaban J connectivity index is 0.000000215. The van der Waals surface area contributed by atoms with E-state index in [9.17, 15) is 62.4 Å². The molecule has 0 saturated carbocycles. The molecule has 2 aromatic carbocycles. The standard InChI is InChI=1S/C22H26ClN5O2.C20H27N5O4.C18H23N5O4.C17H19N5O.C11H10BrN3O2.C9H5BrN4.C2HF3O2/c1-22(2,3)30-21(29)27-13-11-26(12-14-27)20-25-17-9-10-24-19(23)18(17)28(20)15-16-7-5-4-6-8-16;1-6-8-9-25-15(14-21)16(17(26)28-7-2)22-18(25)23-10-12-24(13-11-23)19(27)29-20(3,4)5;1-5-6-7-23-13(12-19)14(15(24)25)20-16(23)21-8-10-22(11-9-21)17(26)27-18(2,3)4;23-16-15-14(6-7-19-16)20-17(21-10-8-18-9-11-21)22(15)12-13-4-2-1-3-5-13;1-3-5-6-15-8(7-13)9(14-11(15)12)10(16)17-4-2;1-2-3-4-14-8(6-12)7(5-11)13-9(14)10;3-2(4,5)1(6)7/h4-10H,11-15H2,1-3H3;7,9-13H2,1-5H3;7-11H2,1-4H3,(H,24,25);1-7,18H,8-12H2,(H,19,23);4,6H2,1-2H3;4H2,1H3;(H,6,7). The molecular weight excluding hydrogens is 2060 g/mol. The summed E-state index contributed by atoms with van der Waals surface area (Å²) in [6, 6.07) is 33.8. The van der Waals surface area contributed by atoms with Crippen LogP contribution in [0.4, 0.5) is 51.3 Å². The number of carboxylic acids is 2. The van der Waals surface area contributed by atoms with Crippen LogP contribution in [0.2, 0.25) is 5.15 Å². The molecule has 774 valence electrons. The van der Waals surface area contributed by atoms with Crippen LogP contribution in [0.15, 0.2) is 99.5 Å². The predicted molar refractivity (Wildman–Crippen MR) is 543 cm³/mol. The van der Waals surface area contributed by atoms with E-state index in [4.69, 9.17) is 70.9 Å². The minimum absolute atomic E-state index is 0.0131. The average Bonchev–Trinajstić information content (AvgIpc) is 1.62. The number of hydrogen-bond donors (Lipinski definition) is 4. The lowest BCUT2D eigenvalue weighted by molar-refractivity contribution is -0.192. The summed E-state index contributed by atoms with van der Waals surface area (Å²) >= 11 is 12.8. The topological polar surface area (TPSA) is 512 Å². The predicted octanol–water partition coefficient (Wildman–Crippen LogP) is 12.7. The zero-order valence-electron chi connectivity index (χ0n) is 83.7. The number of hydrogen-bond acceptors (Lipinski definition) is 30. The Morgan fingerprint density at radius 3 is 1.15 bits per heavy atom. The van der Waals surface area contributed by atoms with Crippen LogP contribution >= 0.6 is 43.5 Å². The number of nitriles is 5. The van der Waals surface area contributed by atoms with Crippen molar-refractivity contribution < 1.29 is 80.6 Å². The Bertz CT molecular complexity index is 6900. The molecule has 4 aliphatic heterocycles. The molecule has 12 heterocycles. The van der Waals surface area contributed by atoms with Gasteiger partial charge in [0.25, 0.3) is 5.56 Å². The van der Waals surface area contributed by atoms with Crippen molar-refractivity contribution in [2.45, 2.75) is 166 Å². The van der Waals surface area contributed by atoms with Gasteiger partial charge in [-0.25, -0.2) is 68.4 Å². The van der Waals surface area contributed by atoms with Crippen molar-refractivity contribution in [2.75, 3.05) is 138 Å². The monoisotopic (exact) mass is 2170 g/mol. The second-order valence-corrected chi connectivity index (χ2v) is 36.4. The molecular formula is C99H111Br2ClF3N27O15. The lowest BCUT2D eigenvalue weighted by Crippen LogP contribution is -2.50. The fourth-order valence-electron chi connectivity index (χ4n) is 14.3. The van der Waals surface area contributed by atoms with Gasteiger partial charge in [-0.2, -0.15) is 39.5 Å². The molecule has 4 fully saturated rings. The number of fused-ring (bicyclic) bond motifs is 2. The highest BCUT2D eigenvalue weighted by Gasteiger charge is 2.39. The molecule has 147 heavy (non-hydrogen) atoms. The summed E-state index contributed by atoms with van der Waals surface area (Å²) in [5, 5.41) is 65.7. The number of carbonyl (C=O) groups excluding carboxylic acids is 5. The van der Waals surface area contributed by atoms with Gasteiger partial charge in [0.15, 0.2) is 60.2 Å². The Kier molecular flexibility index (Phi) is 43.1. The fourth-order valence-corrected chi connectivity index (χ4v) is 15.5. The number of halogens is 6. The summed E-state index contributed by atoms with van der Waals surface area (Å²) in [7, 11) is 0. The number of carbonyl (C=O) groups is 7. The molecule has 10 aromatic rings. The third-order valence-electron chi connectivity index (χ3n) is 20.9. The number of piperazine rings is 4. The van der Waals surface area contributed by atoms with Gasteiger partial charge in [-0.1, -0.05) is 95.9 Å². The number of H-pyrrole nitrogens is 1. The largest absolute Gasteiger partial charge is 0.490 e. The number of esters is 2. The Morgan fingerprint density at radius 2 is 0.782 bits per heavy atom. The molecule has 4 saturated heterocycles. The summed E-state index contributed by atoms with van der Waals surface area (Å²) in [6.07, 6.45) is -2.76. The highest BCUT2D eigenvalue weighted by Crippen LogP contribution is 2.32. The molecule has 8 aromatic heterocycles. The van der Waals surface area contributed by atoms with Crippen molar-refractivity contribution in [3.05, 3.63) is 167 Å². The molecule has 48 heteroatoms. The molecule has 3 amide bonds. The van der Waals surface area contributed by atoms with Crippen molar-refractivity contribution >= 4 is 131 Å². The number of alkyl halides is 3. The van der Waals surface area contributed by atoms with Gasteiger partial charge in [0.05, 0.1) is 63.5 Å². The van der Waals surface area contributed by atoms with Crippen molar-refractivity contribution in [3.63, 3.8) is 0 Å². The number of anilines is 4. The van der Waals surface area contributed by atoms with Gasteiger partial charge in [0, 0.05) is 117 Å². The number of nitrogens with one attached hydrogen (secondary N) is 2. The second-order valence-electron chi connectivity index (χ2n) is 34.6. The Morgan fingerprint density at radius 1 is 0.442 bits per heavy atom. The third-order valence-corrected chi connectivity index (χ3v) is 22.4. The van der Waals surface area contributed by atoms with Gasteiger partial charge < -0.3 is 87.6 Å². The van der Waals surface area contributed by atoms with E-state index in [1.165, 1.54) is 9.13 Å². The molecule has 0 aliphatic carbocycles. The first-order valence-electron chi connectivity index (χ1n) is 45.9. The van der Waals surface area contributed by atoms with E-state index in [1.807, 2.05) is 156 Å². The lowest BCUT2D eigenvalue weighted by Gasteiger charge is -2.36. The summed E-state index contributed by atoms with van der Waals surface area (Å²) in [5.41, 5.74) is 3.94. The van der Waals surface area contributed by atoms with Crippen LogP contribution in [0.5, 0.6) is 0 Å². The number of nitrogens with zero attached hydrogens (tertiary/aromatic N) is 25. The first-order valence-corrected chi connectivity index (χ1v) is 47.8. The molecule has 0 spiro atoms. The molecule has 4 aliphatic rings. The van der Waals surface area contributed by atoms with Gasteiger partial charge in [-0.15, -0.1) is 23.7 Å². The van der Waals surface area contributed by atoms with Crippen LogP contribution in [0, 0.1) is 104 Å². The number of carboxylic acid groups (broad SMARTS) is 2. The van der Waals surface area contributed by atoms with Gasteiger partial charge in [-0.3, -0.25) is 23.1 Å². The minimum atomic E-state index is -5.08. The highest BCUT2D eigenvalue weighted by atomic mass is 79.9. The van der Waals surface area contributed by atoms with Gasteiger partial charge in [-0.05, 0) is 159 Å². The van der Waals surface area contributed by atoms with Crippen molar-refractivity contribution in [2.24, 2.45) is 0 Å². The van der Waals surface area contributed by atoms with Crippen LogP contribution in [-0.2, 0) is 67.7 Å². The number of aromatic nitrogens is 14. The SMILES string of the molecule is CC#CCn1c(Br)nc(C#N)c1C#N.CC#CCn1c(Br)nc(C(=O)OCC)c1C#N.CC#CCn1c(N2CCN(C(=O)OC(C)(C)C)CC2)nc(C(=O)O)c1C#N.CC#CCn1c(N2CCN(C(=O)OC(C)(C)C)CC2)nc(C(=O)OCC)c1C#N.CC(C)(C)OC(=O)N1CCN(c2nc3ccnc(Cl)c3n2Cc2ccccc2)CC1.O=C(O)C(F)(F)F.O=c1[nH]ccc2nc(N3CCNCC3)n(Cc3ccccc3)c12. The maximum absolute atomic E-state index is 12.4. The van der Waals surface area contributed by atoms with Crippen LogP contribution in [-0.4, -0.2) is 275 Å². The average molecular weight is 2170 g/mol. The summed E-state index contributed by atoms with van der Waals surface area (Å²) < 4.78 is 69.1. The fraction of sp³-hybridized carbons (Fsp3) is 0.434. The highest BCUT2D eigenvalue weighted by molar-refractivity contribution is 9.10. The van der Waals surface area contributed by atoms with E-state index >= 15 is 0 Å². The second kappa shape index (κ2) is 54.6. The zero-order valence-corrected chi connectivity index (χ0v) is 87.6. The number of imidazole rings is 6. The van der Waals surface area contributed by atoms with E-state index in [2.05, 4.69) is 153 Å². The zero-order chi connectivity index (χ0) is 108.